The van der Waals surface area contributed by atoms with Crippen molar-refractivity contribution in [3.05, 3.63) is 35.6 Å². The molecule has 1 aliphatic carbocycles. The van der Waals surface area contributed by atoms with Crippen molar-refractivity contribution in [3.63, 3.8) is 0 Å². The van der Waals surface area contributed by atoms with E-state index in [9.17, 15) is 9.18 Å². The third kappa shape index (κ3) is 4.03. The SMILES string of the molecule is NCC1CCC(C(=O)NCc2cccc(F)c2)CC1. The van der Waals surface area contributed by atoms with E-state index in [1.807, 2.05) is 6.07 Å². The molecule has 1 aromatic carbocycles. The summed E-state index contributed by atoms with van der Waals surface area (Å²) in [5.74, 6) is 0.485. The Morgan fingerprint density at radius 3 is 2.68 bits per heavy atom. The van der Waals surface area contributed by atoms with Crippen molar-refractivity contribution in [2.45, 2.75) is 32.2 Å². The molecule has 0 unspecified atom stereocenters. The van der Waals surface area contributed by atoms with Crippen molar-refractivity contribution in [3.8, 4) is 0 Å². The van der Waals surface area contributed by atoms with Gasteiger partial charge in [-0.3, -0.25) is 4.79 Å². The fourth-order valence-electron chi connectivity index (χ4n) is 2.64. The van der Waals surface area contributed by atoms with Crippen molar-refractivity contribution < 1.29 is 9.18 Å². The number of hydrogen-bond acceptors (Lipinski definition) is 2. The van der Waals surface area contributed by atoms with E-state index in [4.69, 9.17) is 5.73 Å². The van der Waals surface area contributed by atoms with Gasteiger partial charge in [0.2, 0.25) is 5.91 Å². The van der Waals surface area contributed by atoms with E-state index in [1.165, 1.54) is 12.1 Å². The average Bonchev–Trinajstić information content (AvgIpc) is 2.45. The van der Waals surface area contributed by atoms with Gasteiger partial charge < -0.3 is 11.1 Å². The summed E-state index contributed by atoms with van der Waals surface area (Å²) in [6.45, 7) is 1.12. The van der Waals surface area contributed by atoms with Crippen LogP contribution in [0.15, 0.2) is 24.3 Å². The molecule has 104 valence electrons. The Morgan fingerprint density at radius 1 is 1.32 bits per heavy atom. The first-order chi connectivity index (χ1) is 9.19. The number of nitrogens with two attached hydrogens (primary N) is 1. The standard InChI is InChI=1S/C15H21FN2O/c16-14-3-1-2-12(8-14)10-18-15(19)13-6-4-11(9-17)5-7-13/h1-3,8,11,13H,4-7,9-10,17H2,(H,18,19). The summed E-state index contributed by atoms with van der Waals surface area (Å²) < 4.78 is 13.0. The molecule has 3 N–H and O–H groups in total. The zero-order valence-corrected chi connectivity index (χ0v) is 11.1. The van der Waals surface area contributed by atoms with Crippen molar-refractivity contribution in [1.29, 1.82) is 0 Å². The fraction of sp³-hybridized carbons (Fsp3) is 0.533. The highest BCUT2D eigenvalue weighted by Crippen LogP contribution is 2.28. The van der Waals surface area contributed by atoms with Crippen molar-refractivity contribution in [2.24, 2.45) is 17.6 Å². The molecule has 1 aromatic rings. The van der Waals surface area contributed by atoms with Crippen LogP contribution in [0.3, 0.4) is 0 Å². The largest absolute Gasteiger partial charge is 0.352 e. The smallest absolute Gasteiger partial charge is 0.223 e. The Kier molecular flexibility index (Phi) is 4.91. The molecule has 0 spiro atoms. The van der Waals surface area contributed by atoms with Crippen molar-refractivity contribution >= 4 is 5.91 Å². The first-order valence-corrected chi connectivity index (χ1v) is 6.91. The van der Waals surface area contributed by atoms with Crippen LogP contribution in [-0.2, 0) is 11.3 Å². The van der Waals surface area contributed by atoms with Gasteiger partial charge in [0.05, 0.1) is 0 Å². The highest BCUT2D eigenvalue weighted by atomic mass is 19.1. The maximum absolute atomic E-state index is 13.0. The lowest BCUT2D eigenvalue weighted by molar-refractivity contribution is -0.126. The second-order valence-corrected chi connectivity index (χ2v) is 5.30. The van der Waals surface area contributed by atoms with Crippen LogP contribution in [-0.4, -0.2) is 12.5 Å². The predicted molar refractivity (Wildman–Crippen MR) is 72.7 cm³/mol. The van der Waals surface area contributed by atoms with Crippen LogP contribution in [0.1, 0.15) is 31.2 Å². The van der Waals surface area contributed by atoms with Crippen LogP contribution in [0.4, 0.5) is 4.39 Å². The quantitative estimate of drug-likeness (QED) is 0.876. The van der Waals surface area contributed by atoms with E-state index >= 15 is 0 Å². The summed E-state index contributed by atoms with van der Waals surface area (Å²) in [7, 11) is 0. The molecule has 0 saturated heterocycles. The molecule has 0 heterocycles. The van der Waals surface area contributed by atoms with Crippen LogP contribution in [0.2, 0.25) is 0 Å². The minimum absolute atomic E-state index is 0.0831. The zero-order valence-electron chi connectivity index (χ0n) is 11.1. The van der Waals surface area contributed by atoms with Gasteiger partial charge in [0.25, 0.3) is 0 Å². The molecule has 0 aliphatic heterocycles. The molecule has 2 rings (SSSR count). The number of hydrogen-bond donors (Lipinski definition) is 2. The molecule has 1 fully saturated rings. The van der Waals surface area contributed by atoms with E-state index in [0.29, 0.717) is 12.5 Å². The Labute approximate surface area is 113 Å². The first kappa shape index (κ1) is 14.0. The zero-order chi connectivity index (χ0) is 13.7. The molecule has 0 atom stereocenters. The second kappa shape index (κ2) is 6.66. The number of nitrogens with one attached hydrogen (secondary N) is 1. The summed E-state index contributed by atoms with van der Waals surface area (Å²) in [6.07, 6.45) is 3.90. The average molecular weight is 264 g/mol. The number of carbonyl (C=O) groups is 1. The molecule has 19 heavy (non-hydrogen) atoms. The number of halogens is 1. The maximum atomic E-state index is 13.0. The molecular weight excluding hydrogens is 243 g/mol. The van der Waals surface area contributed by atoms with Gasteiger partial charge in [-0.25, -0.2) is 4.39 Å². The van der Waals surface area contributed by atoms with E-state index in [1.54, 1.807) is 6.07 Å². The third-order valence-electron chi connectivity index (χ3n) is 3.91. The van der Waals surface area contributed by atoms with Gasteiger partial charge in [-0.2, -0.15) is 0 Å². The van der Waals surface area contributed by atoms with Gasteiger partial charge in [0.15, 0.2) is 0 Å². The first-order valence-electron chi connectivity index (χ1n) is 6.91. The number of carbonyl (C=O) groups excluding carboxylic acids is 1. The van der Waals surface area contributed by atoms with Crippen molar-refractivity contribution in [2.75, 3.05) is 6.54 Å². The van der Waals surface area contributed by atoms with Crippen LogP contribution in [0, 0.1) is 17.7 Å². The lowest BCUT2D eigenvalue weighted by Gasteiger charge is -2.26. The highest BCUT2D eigenvalue weighted by Gasteiger charge is 2.25. The molecule has 1 saturated carbocycles. The second-order valence-electron chi connectivity index (χ2n) is 5.30. The molecule has 3 nitrogen and oxygen atoms in total. The van der Waals surface area contributed by atoms with Gasteiger partial charge >= 0.3 is 0 Å². The van der Waals surface area contributed by atoms with E-state index in [2.05, 4.69) is 5.32 Å². The van der Waals surface area contributed by atoms with E-state index < -0.39 is 0 Å². The van der Waals surface area contributed by atoms with Gasteiger partial charge in [-0.05, 0) is 55.8 Å². The molecule has 1 amide bonds. The summed E-state index contributed by atoms with van der Waals surface area (Å²) in [4.78, 5) is 12.0. The predicted octanol–water partition coefficient (Wildman–Crippen LogP) is 2.21. The van der Waals surface area contributed by atoms with Crippen LogP contribution < -0.4 is 11.1 Å². The van der Waals surface area contributed by atoms with Gasteiger partial charge in [0, 0.05) is 12.5 Å². The number of benzene rings is 1. The van der Waals surface area contributed by atoms with E-state index in [-0.39, 0.29) is 17.6 Å². The minimum Gasteiger partial charge on any atom is -0.352 e. The summed E-state index contributed by atoms with van der Waals surface area (Å²) in [5, 5.41) is 2.89. The Morgan fingerprint density at radius 2 is 2.05 bits per heavy atom. The number of rotatable bonds is 4. The molecule has 4 heteroatoms. The molecule has 0 aromatic heterocycles. The lowest BCUT2D eigenvalue weighted by atomic mass is 9.81. The molecular formula is C15H21FN2O. The minimum atomic E-state index is -0.268. The van der Waals surface area contributed by atoms with Crippen LogP contribution in [0.25, 0.3) is 0 Å². The van der Waals surface area contributed by atoms with Gasteiger partial charge in [-0.15, -0.1) is 0 Å². The Balaban J connectivity index is 1.79. The third-order valence-corrected chi connectivity index (χ3v) is 3.91. The Bertz CT molecular complexity index is 428. The monoisotopic (exact) mass is 264 g/mol. The topological polar surface area (TPSA) is 55.1 Å². The van der Waals surface area contributed by atoms with Gasteiger partial charge in [0.1, 0.15) is 5.82 Å². The maximum Gasteiger partial charge on any atom is 0.223 e. The van der Waals surface area contributed by atoms with Crippen LogP contribution in [0.5, 0.6) is 0 Å². The number of amides is 1. The highest BCUT2D eigenvalue weighted by molar-refractivity contribution is 5.78. The Hall–Kier alpha value is -1.42. The van der Waals surface area contributed by atoms with Gasteiger partial charge in [-0.1, -0.05) is 12.1 Å². The van der Waals surface area contributed by atoms with E-state index in [0.717, 1.165) is 37.8 Å². The summed E-state index contributed by atoms with van der Waals surface area (Å²) in [6, 6.07) is 6.32. The molecule has 0 radical (unpaired) electrons. The lowest BCUT2D eigenvalue weighted by Crippen LogP contribution is -2.33. The molecule has 1 aliphatic rings. The normalized spacial score (nSPS) is 23.1. The van der Waals surface area contributed by atoms with Crippen molar-refractivity contribution in [1.82, 2.24) is 5.32 Å². The summed E-state index contributed by atoms with van der Waals surface area (Å²) in [5.41, 5.74) is 6.43. The van der Waals surface area contributed by atoms with Crippen LogP contribution >= 0.6 is 0 Å². The fourth-order valence-corrected chi connectivity index (χ4v) is 2.64. The summed E-state index contributed by atoms with van der Waals surface area (Å²) >= 11 is 0. The molecule has 0 bridgehead atoms.